The third-order valence-electron chi connectivity index (χ3n) is 3.47. The Morgan fingerprint density at radius 3 is 2.94 bits per heavy atom. The second kappa shape index (κ2) is 4.20. The highest BCUT2D eigenvalue weighted by Crippen LogP contribution is 2.23. The number of nitrogens with zero attached hydrogens (tertiary/aromatic N) is 5. The fourth-order valence-corrected chi connectivity index (χ4v) is 2.72. The molecule has 96 valence electrons. The number of rotatable bonds is 1. The summed E-state index contributed by atoms with van der Waals surface area (Å²) >= 11 is 0. The third kappa shape index (κ3) is 1.82. The van der Waals surface area contributed by atoms with Crippen LogP contribution in [0, 0.1) is 12.8 Å². The molecule has 1 aliphatic heterocycles. The first-order valence-electron chi connectivity index (χ1n) is 6.32. The molecule has 18 heavy (non-hydrogen) atoms. The first-order valence-corrected chi connectivity index (χ1v) is 6.32. The Bertz CT molecular complexity index is 553. The first kappa shape index (κ1) is 11.4. The molecule has 2 N–H and O–H groups in total. The predicted octanol–water partition coefficient (Wildman–Crippen LogP) is 0.606. The summed E-state index contributed by atoms with van der Waals surface area (Å²) in [6, 6.07) is 0.208. The average Bonchev–Trinajstić information content (AvgIpc) is 2.70. The number of aromatic nitrogens is 4. The molecule has 2 unspecified atom stereocenters. The van der Waals surface area contributed by atoms with Crippen LogP contribution in [0.15, 0.2) is 12.4 Å². The Labute approximate surface area is 106 Å². The van der Waals surface area contributed by atoms with E-state index >= 15 is 0 Å². The molecule has 3 rings (SSSR count). The molecule has 0 aromatic carbocycles. The zero-order valence-corrected chi connectivity index (χ0v) is 10.7. The summed E-state index contributed by atoms with van der Waals surface area (Å²) in [5.74, 6) is 2.35. The quantitative estimate of drug-likeness (QED) is 0.798. The Hall–Kier alpha value is -1.69. The molecule has 1 fully saturated rings. The fraction of sp³-hybridized carbons (Fsp3) is 0.583. The largest absolute Gasteiger partial charge is 0.352 e. The number of piperidine rings is 1. The van der Waals surface area contributed by atoms with Crippen molar-refractivity contribution >= 4 is 11.5 Å². The van der Waals surface area contributed by atoms with E-state index in [1.807, 2.05) is 17.5 Å². The molecule has 1 saturated heterocycles. The lowest BCUT2D eigenvalue weighted by atomic mass is 9.97. The van der Waals surface area contributed by atoms with Crippen molar-refractivity contribution in [2.24, 2.45) is 11.7 Å². The molecule has 2 atom stereocenters. The summed E-state index contributed by atoms with van der Waals surface area (Å²) < 4.78 is 1.97. The number of nitrogens with two attached hydrogens (primary N) is 1. The normalized spacial score (nSPS) is 24.7. The van der Waals surface area contributed by atoms with E-state index in [0.717, 1.165) is 36.8 Å². The van der Waals surface area contributed by atoms with E-state index in [1.54, 1.807) is 6.20 Å². The number of fused-ring (bicyclic) bond motifs is 1. The van der Waals surface area contributed by atoms with Crippen molar-refractivity contribution in [1.82, 2.24) is 19.6 Å². The van der Waals surface area contributed by atoms with Gasteiger partial charge in [0, 0.05) is 31.5 Å². The van der Waals surface area contributed by atoms with Crippen LogP contribution in [0.1, 0.15) is 19.2 Å². The zero-order valence-electron chi connectivity index (χ0n) is 10.7. The molecule has 6 heteroatoms. The summed E-state index contributed by atoms with van der Waals surface area (Å²) in [5.41, 5.74) is 6.91. The smallest absolute Gasteiger partial charge is 0.203 e. The van der Waals surface area contributed by atoms with Crippen molar-refractivity contribution in [3.05, 3.63) is 18.2 Å². The van der Waals surface area contributed by atoms with Crippen LogP contribution in [0.5, 0.6) is 0 Å². The Morgan fingerprint density at radius 2 is 2.17 bits per heavy atom. The van der Waals surface area contributed by atoms with Gasteiger partial charge in [0.2, 0.25) is 5.65 Å². The molecular formula is C12H18N6. The van der Waals surface area contributed by atoms with Gasteiger partial charge in [-0.3, -0.25) is 4.40 Å². The van der Waals surface area contributed by atoms with Crippen LogP contribution in [-0.2, 0) is 0 Å². The van der Waals surface area contributed by atoms with Gasteiger partial charge in [-0.15, -0.1) is 10.2 Å². The maximum Gasteiger partial charge on any atom is 0.203 e. The van der Waals surface area contributed by atoms with Crippen molar-refractivity contribution in [1.29, 1.82) is 0 Å². The van der Waals surface area contributed by atoms with Crippen molar-refractivity contribution in [3.8, 4) is 0 Å². The standard InChI is InChI=1S/C12H18N6/c1-8-5-10(13)7-17(6-8)11-12-16-15-9(2)18(12)4-3-14-11/h3-4,8,10H,5-7,13H2,1-2H3. The van der Waals surface area contributed by atoms with Gasteiger partial charge in [-0.2, -0.15) is 0 Å². The van der Waals surface area contributed by atoms with Crippen molar-refractivity contribution in [3.63, 3.8) is 0 Å². The maximum atomic E-state index is 6.09. The molecular weight excluding hydrogens is 228 g/mol. The summed E-state index contributed by atoms with van der Waals surface area (Å²) in [7, 11) is 0. The first-order chi connectivity index (χ1) is 8.65. The average molecular weight is 246 g/mol. The minimum Gasteiger partial charge on any atom is -0.352 e. The van der Waals surface area contributed by atoms with E-state index < -0.39 is 0 Å². The van der Waals surface area contributed by atoms with Crippen molar-refractivity contribution in [2.75, 3.05) is 18.0 Å². The van der Waals surface area contributed by atoms with Crippen LogP contribution in [0.2, 0.25) is 0 Å². The van der Waals surface area contributed by atoms with Gasteiger partial charge in [0.1, 0.15) is 5.82 Å². The Kier molecular flexibility index (Phi) is 2.66. The summed E-state index contributed by atoms with van der Waals surface area (Å²) in [5, 5.41) is 8.32. The molecule has 2 aromatic heterocycles. The van der Waals surface area contributed by atoms with Gasteiger partial charge >= 0.3 is 0 Å². The molecule has 0 saturated carbocycles. The molecule has 0 aliphatic carbocycles. The molecule has 0 amide bonds. The van der Waals surface area contributed by atoms with Gasteiger partial charge in [-0.25, -0.2) is 4.98 Å². The second-order valence-corrected chi connectivity index (χ2v) is 5.20. The van der Waals surface area contributed by atoms with E-state index in [9.17, 15) is 0 Å². The van der Waals surface area contributed by atoms with Crippen LogP contribution in [0.4, 0.5) is 5.82 Å². The summed E-state index contributed by atoms with van der Waals surface area (Å²) in [6.45, 7) is 5.98. The lowest BCUT2D eigenvalue weighted by Crippen LogP contribution is -2.46. The van der Waals surface area contributed by atoms with Crippen LogP contribution < -0.4 is 10.6 Å². The van der Waals surface area contributed by atoms with Crippen molar-refractivity contribution < 1.29 is 0 Å². The molecule has 1 aliphatic rings. The third-order valence-corrected chi connectivity index (χ3v) is 3.47. The summed E-state index contributed by atoms with van der Waals surface area (Å²) in [6.07, 6.45) is 4.76. The lowest BCUT2D eigenvalue weighted by molar-refractivity contribution is 0.400. The highest BCUT2D eigenvalue weighted by molar-refractivity contribution is 5.64. The van der Waals surface area contributed by atoms with E-state index in [-0.39, 0.29) is 6.04 Å². The van der Waals surface area contributed by atoms with Crippen LogP contribution in [0.25, 0.3) is 5.65 Å². The van der Waals surface area contributed by atoms with Gasteiger partial charge in [-0.05, 0) is 19.3 Å². The van der Waals surface area contributed by atoms with Gasteiger partial charge in [-0.1, -0.05) is 6.92 Å². The molecule has 0 spiro atoms. The number of hydrogen-bond donors (Lipinski definition) is 1. The van der Waals surface area contributed by atoms with Gasteiger partial charge < -0.3 is 10.6 Å². The molecule has 2 aromatic rings. The highest BCUT2D eigenvalue weighted by atomic mass is 15.3. The molecule has 0 bridgehead atoms. The highest BCUT2D eigenvalue weighted by Gasteiger charge is 2.25. The number of aryl methyl sites for hydroxylation is 1. The van der Waals surface area contributed by atoms with E-state index in [2.05, 4.69) is 27.0 Å². The molecule has 0 radical (unpaired) electrons. The Balaban J connectivity index is 2.03. The topological polar surface area (TPSA) is 72.3 Å². The molecule has 6 nitrogen and oxygen atoms in total. The minimum atomic E-state index is 0.208. The van der Waals surface area contributed by atoms with E-state index in [0.29, 0.717) is 5.92 Å². The van der Waals surface area contributed by atoms with Crippen LogP contribution in [-0.4, -0.2) is 38.7 Å². The predicted molar refractivity (Wildman–Crippen MR) is 69.5 cm³/mol. The second-order valence-electron chi connectivity index (χ2n) is 5.20. The van der Waals surface area contributed by atoms with Gasteiger partial charge in [0.05, 0.1) is 0 Å². The van der Waals surface area contributed by atoms with Gasteiger partial charge in [0.15, 0.2) is 5.82 Å². The van der Waals surface area contributed by atoms with E-state index in [4.69, 9.17) is 5.73 Å². The summed E-state index contributed by atoms with van der Waals surface area (Å²) in [4.78, 5) is 6.68. The number of anilines is 1. The maximum absolute atomic E-state index is 6.09. The fourth-order valence-electron chi connectivity index (χ4n) is 2.72. The molecule has 3 heterocycles. The SMILES string of the molecule is Cc1nnc2c(N3CC(C)CC(N)C3)nccn12. The lowest BCUT2D eigenvalue weighted by Gasteiger charge is -2.35. The van der Waals surface area contributed by atoms with Crippen molar-refractivity contribution in [2.45, 2.75) is 26.3 Å². The monoisotopic (exact) mass is 246 g/mol. The van der Waals surface area contributed by atoms with Gasteiger partial charge in [0.25, 0.3) is 0 Å². The van der Waals surface area contributed by atoms with Crippen LogP contribution >= 0.6 is 0 Å². The Morgan fingerprint density at radius 1 is 1.33 bits per heavy atom. The minimum absolute atomic E-state index is 0.208. The van der Waals surface area contributed by atoms with Crippen LogP contribution in [0.3, 0.4) is 0 Å². The zero-order chi connectivity index (χ0) is 12.7. The number of hydrogen-bond acceptors (Lipinski definition) is 5. The van der Waals surface area contributed by atoms with E-state index in [1.165, 1.54) is 0 Å².